The van der Waals surface area contributed by atoms with E-state index in [4.69, 9.17) is 9.47 Å². The molecule has 3 heteroatoms. The number of nitrogens with one attached hydrogen (secondary N) is 1. The zero-order valence-corrected chi connectivity index (χ0v) is 12.6. The highest BCUT2D eigenvalue weighted by atomic mass is 16.5. The zero-order chi connectivity index (χ0) is 14.1. The van der Waals surface area contributed by atoms with E-state index in [1.807, 2.05) is 6.07 Å². The average Bonchev–Trinajstić information content (AvgIpc) is 2.42. The van der Waals surface area contributed by atoms with Crippen LogP contribution in [-0.4, -0.2) is 33.4 Å². The molecule has 0 heterocycles. The first kappa shape index (κ1) is 16.0. The maximum atomic E-state index is 5.28. The molecule has 1 rings (SSSR count). The Morgan fingerprint density at radius 2 is 2.00 bits per heavy atom. The Morgan fingerprint density at radius 3 is 2.63 bits per heavy atom. The third-order valence-electron chi connectivity index (χ3n) is 3.20. The van der Waals surface area contributed by atoms with Crippen molar-refractivity contribution in [1.29, 1.82) is 0 Å². The van der Waals surface area contributed by atoms with Crippen molar-refractivity contribution in [2.75, 3.05) is 27.4 Å². The van der Waals surface area contributed by atoms with Crippen LogP contribution in [0.1, 0.15) is 25.8 Å². The third-order valence-corrected chi connectivity index (χ3v) is 3.20. The van der Waals surface area contributed by atoms with Gasteiger partial charge in [-0.3, -0.25) is 0 Å². The maximum Gasteiger partial charge on any atom is 0.119 e. The summed E-state index contributed by atoms with van der Waals surface area (Å²) in [6.45, 7) is 6.20. The summed E-state index contributed by atoms with van der Waals surface area (Å²) in [5.41, 5.74) is 1.33. The molecule has 1 N–H and O–H groups in total. The lowest BCUT2D eigenvalue weighted by Crippen LogP contribution is -2.30. The summed E-state index contributed by atoms with van der Waals surface area (Å²) in [6.07, 6.45) is 2.13. The fourth-order valence-corrected chi connectivity index (χ4v) is 2.10. The average molecular weight is 265 g/mol. The van der Waals surface area contributed by atoms with E-state index in [1.165, 1.54) is 5.56 Å². The van der Waals surface area contributed by atoms with Gasteiger partial charge in [0, 0.05) is 19.8 Å². The minimum absolute atomic E-state index is 0.523. The molecule has 0 fully saturated rings. The van der Waals surface area contributed by atoms with Crippen molar-refractivity contribution in [3.63, 3.8) is 0 Å². The Kier molecular flexibility index (Phi) is 7.53. The van der Waals surface area contributed by atoms with Crippen LogP contribution in [0.4, 0.5) is 0 Å². The molecule has 108 valence electrons. The van der Waals surface area contributed by atoms with Gasteiger partial charge in [-0.2, -0.15) is 0 Å². The van der Waals surface area contributed by atoms with Gasteiger partial charge < -0.3 is 14.8 Å². The molecule has 1 atom stereocenters. The Balaban J connectivity index is 2.58. The van der Waals surface area contributed by atoms with Crippen LogP contribution in [0.3, 0.4) is 0 Å². The highest BCUT2D eigenvalue weighted by Gasteiger charge is 2.11. The monoisotopic (exact) mass is 265 g/mol. The van der Waals surface area contributed by atoms with E-state index < -0.39 is 0 Å². The summed E-state index contributed by atoms with van der Waals surface area (Å²) in [4.78, 5) is 0. The fourth-order valence-electron chi connectivity index (χ4n) is 2.10. The molecule has 1 aromatic carbocycles. The normalized spacial score (nSPS) is 12.7. The molecule has 19 heavy (non-hydrogen) atoms. The van der Waals surface area contributed by atoms with Crippen molar-refractivity contribution in [3.8, 4) is 5.75 Å². The molecule has 3 nitrogen and oxygen atoms in total. The van der Waals surface area contributed by atoms with Crippen molar-refractivity contribution in [3.05, 3.63) is 29.8 Å². The predicted molar refractivity (Wildman–Crippen MR) is 79.8 cm³/mol. The Labute approximate surface area is 117 Å². The number of hydrogen-bond donors (Lipinski definition) is 1. The number of rotatable bonds is 9. The minimum Gasteiger partial charge on any atom is -0.497 e. The van der Waals surface area contributed by atoms with Crippen molar-refractivity contribution in [1.82, 2.24) is 5.32 Å². The van der Waals surface area contributed by atoms with Gasteiger partial charge in [0.05, 0.1) is 7.11 Å². The van der Waals surface area contributed by atoms with Crippen LogP contribution in [0.25, 0.3) is 0 Å². The Hall–Kier alpha value is -1.06. The van der Waals surface area contributed by atoms with E-state index in [9.17, 15) is 0 Å². The van der Waals surface area contributed by atoms with Gasteiger partial charge >= 0.3 is 0 Å². The fraction of sp³-hybridized carbons (Fsp3) is 0.625. The molecule has 0 bridgehead atoms. The molecule has 1 aromatic rings. The summed E-state index contributed by atoms with van der Waals surface area (Å²) in [7, 11) is 3.47. The first-order valence-electron chi connectivity index (χ1n) is 7.01. The van der Waals surface area contributed by atoms with E-state index in [-0.39, 0.29) is 0 Å². The van der Waals surface area contributed by atoms with E-state index in [1.54, 1.807) is 14.2 Å². The number of hydrogen-bond acceptors (Lipinski definition) is 3. The highest BCUT2D eigenvalue weighted by Crippen LogP contribution is 2.17. The smallest absolute Gasteiger partial charge is 0.119 e. The number of methoxy groups -OCH3 is 2. The van der Waals surface area contributed by atoms with Crippen LogP contribution in [0, 0.1) is 5.92 Å². The van der Waals surface area contributed by atoms with Crippen molar-refractivity contribution in [2.24, 2.45) is 5.92 Å². The van der Waals surface area contributed by atoms with E-state index >= 15 is 0 Å². The first-order valence-corrected chi connectivity index (χ1v) is 7.01. The highest BCUT2D eigenvalue weighted by molar-refractivity contribution is 5.28. The summed E-state index contributed by atoms with van der Waals surface area (Å²) in [5.74, 6) is 1.52. The second-order valence-corrected chi connectivity index (χ2v) is 5.27. The van der Waals surface area contributed by atoms with Gasteiger partial charge in [0.15, 0.2) is 0 Å². The molecule has 0 aromatic heterocycles. The zero-order valence-electron chi connectivity index (χ0n) is 12.6. The topological polar surface area (TPSA) is 30.5 Å². The quantitative estimate of drug-likeness (QED) is 0.744. The van der Waals surface area contributed by atoms with Gasteiger partial charge in [0.25, 0.3) is 0 Å². The van der Waals surface area contributed by atoms with Crippen LogP contribution in [-0.2, 0) is 11.2 Å². The molecule has 1 unspecified atom stereocenters. The molecule has 0 saturated carbocycles. The molecule has 0 aliphatic carbocycles. The van der Waals surface area contributed by atoms with Crippen LogP contribution in [0.5, 0.6) is 5.75 Å². The first-order chi connectivity index (χ1) is 9.15. The maximum absolute atomic E-state index is 5.28. The van der Waals surface area contributed by atoms with E-state index in [2.05, 4.69) is 37.4 Å². The standard InChI is InChI=1S/C16H27NO2/c1-13(2)17-12-15(8-9-18-3)10-14-6-5-7-16(11-14)19-4/h5-7,11,13,15,17H,8-10,12H2,1-4H3. The second-order valence-electron chi connectivity index (χ2n) is 5.27. The van der Waals surface area contributed by atoms with E-state index in [0.29, 0.717) is 12.0 Å². The summed E-state index contributed by atoms with van der Waals surface area (Å²) in [5, 5.41) is 3.52. The summed E-state index contributed by atoms with van der Waals surface area (Å²) >= 11 is 0. The SMILES string of the molecule is COCCC(CNC(C)C)Cc1cccc(OC)c1. The predicted octanol–water partition coefficient (Wildman–Crippen LogP) is 2.89. The molecule has 0 spiro atoms. The Bertz CT molecular complexity index is 352. The van der Waals surface area contributed by atoms with Crippen molar-refractivity contribution < 1.29 is 9.47 Å². The molecular weight excluding hydrogens is 238 g/mol. The largest absolute Gasteiger partial charge is 0.497 e. The van der Waals surface area contributed by atoms with Crippen molar-refractivity contribution in [2.45, 2.75) is 32.7 Å². The Morgan fingerprint density at radius 1 is 1.21 bits per heavy atom. The van der Waals surface area contributed by atoms with Crippen LogP contribution >= 0.6 is 0 Å². The molecule has 0 aliphatic heterocycles. The van der Waals surface area contributed by atoms with Crippen molar-refractivity contribution >= 4 is 0 Å². The number of benzene rings is 1. The lowest BCUT2D eigenvalue weighted by atomic mass is 9.96. The lowest BCUT2D eigenvalue weighted by Gasteiger charge is -2.19. The van der Waals surface area contributed by atoms with Crippen LogP contribution < -0.4 is 10.1 Å². The van der Waals surface area contributed by atoms with Gasteiger partial charge in [-0.15, -0.1) is 0 Å². The van der Waals surface area contributed by atoms with Crippen LogP contribution in [0.2, 0.25) is 0 Å². The van der Waals surface area contributed by atoms with Gasteiger partial charge in [-0.1, -0.05) is 26.0 Å². The van der Waals surface area contributed by atoms with Gasteiger partial charge in [-0.05, 0) is 43.0 Å². The molecular formula is C16H27NO2. The van der Waals surface area contributed by atoms with Gasteiger partial charge in [0.2, 0.25) is 0 Å². The minimum atomic E-state index is 0.523. The summed E-state index contributed by atoms with van der Waals surface area (Å²) < 4.78 is 10.5. The van der Waals surface area contributed by atoms with E-state index in [0.717, 1.165) is 31.7 Å². The van der Waals surface area contributed by atoms with Gasteiger partial charge in [-0.25, -0.2) is 0 Å². The molecule has 0 aliphatic rings. The van der Waals surface area contributed by atoms with Gasteiger partial charge in [0.1, 0.15) is 5.75 Å². The molecule has 0 radical (unpaired) electrons. The number of ether oxygens (including phenoxy) is 2. The summed E-state index contributed by atoms with van der Waals surface area (Å²) in [6, 6.07) is 8.85. The lowest BCUT2D eigenvalue weighted by molar-refractivity contribution is 0.175. The molecule has 0 amide bonds. The van der Waals surface area contributed by atoms with Crippen LogP contribution in [0.15, 0.2) is 24.3 Å². The third kappa shape index (κ3) is 6.60. The second kappa shape index (κ2) is 8.94. The molecule has 0 saturated heterocycles.